The van der Waals surface area contributed by atoms with E-state index in [-0.39, 0.29) is 0 Å². The molecule has 2 unspecified atom stereocenters. The Bertz CT molecular complexity index is 397. The number of hydrogen-bond donors (Lipinski definition) is 1. The van der Waals surface area contributed by atoms with Crippen molar-refractivity contribution in [2.45, 2.75) is 25.9 Å². The van der Waals surface area contributed by atoms with Crippen LogP contribution >= 0.6 is 23.2 Å². The maximum absolute atomic E-state index is 5.96. The fourth-order valence-corrected chi connectivity index (χ4v) is 2.92. The van der Waals surface area contributed by atoms with Crippen LogP contribution in [0.5, 0.6) is 0 Å². The van der Waals surface area contributed by atoms with E-state index in [2.05, 4.69) is 0 Å². The van der Waals surface area contributed by atoms with Gasteiger partial charge in [0.2, 0.25) is 0 Å². The summed E-state index contributed by atoms with van der Waals surface area (Å²) >= 11 is 11.8. The Kier molecular flexibility index (Phi) is 5.31. The summed E-state index contributed by atoms with van der Waals surface area (Å²) in [4.78, 5) is 0. The molecule has 2 N–H and O–H groups in total. The zero-order valence-electron chi connectivity index (χ0n) is 10.4. The molecule has 0 heterocycles. The lowest BCUT2D eigenvalue weighted by Gasteiger charge is -2.17. The van der Waals surface area contributed by atoms with Gasteiger partial charge in [0.25, 0.3) is 0 Å². The Labute approximate surface area is 118 Å². The average Bonchev–Trinajstić information content (AvgIpc) is 2.81. The largest absolute Gasteiger partial charge is 0.376 e. The normalized spacial score (nSPS) is 23.5. The van der Waals surface area contributed by atoms with Crippen LogP contribution in [0.25, 0.3) is 0 Å². The number of nitrogens with two attached hydrogens (primary N) is 1. The van der Waals surface area contributed by atoms with E-state index in [1.807, 2.05) is 12.1 Å². The minimum atomic E-state index is 0.582. The van der Waals surface area contributed by atoms with Crippen molar-refractivity contribution in [3.63, 3.8) is 0 Å². The van der Waals surface area contributed by atoms with Gasteiger partial charge in [0, 0.05) is 0 Å². The summed E-state index contributed by atoms with van der Waals surface area (Å²) in [6.45, 7) is 2.16. The third-order valence-corrected chi connectivity index (χ3v) is 4.44. The van der Waals surface area contributed by atoms with Gasteiger partial charge in [0.1, 0.15) is 0 Å². The molecular weight excluding hydrogens is 269 g/mol. The molecule has 4 heteroatoms. The maximum Gasteiger partial charge on any atom is 0.0717 e. The number of ether oxygens (including phenoxy) is 1. The number of rotatable bonds is 5. The molecule has 0 bridgehead atoms. The SMILES string of the molecule is NCC1CCCC1COCc1ccc(Cl)c(Cl)c1. The summed E-state index contributed by atoms with van der Waals surface area (Å²) in [7, 11) is 0. The molecule has 0 aromatic heterocycles. The van der Waals surface area contributed by atoms with Crippen LogP contribution in [0, 0.1) is 11.8 Å². The van der Waals surface area contributed by atoms with E-state index in [9.17, 15) is 0 Å². The lowest BCUT2D eigenvalue weighted by molar-refractivity contribution is 0.0753. The van der Waals surface area contributed by atoms with E-state index in [1.54, 1.807) is 6.07 Å². The maximum atomic E-state index is 5.96. The second-order valence-electron chi connectivity index (χ2n) is 4.95. The predicted molar refractivity (Wildman–Crippen MR) is 76.0 cm³/mol. The minimum Gasteiger partial charge on any atom is -0.376 e. The van der Waals surface area contributed by atoms with Gasteiger partial charge < -0.3 is 10.5 Å². The highest BCUT2D eigenvalue weighted by Gasteiger charge is 2.25. The van der Waals surface area contributed by atoms with Gasteiger partial charge in [0.15, 0.2) is 0 Å². The smallest absolute Gasteiger partial charge is 0.0717 e. The molecule has 1 fully saturated rings. The van der Waals surface area contributed by atoms with Gasteiger partial charge in [-0.1, -0.05) is 35.7 Å². The molecule has 2 nitrogen and oxygen atoms in total. The third kappa shape index (κ3) is 3.61. The molecule has 2 atom stereocenters. The van der Waals surface area contributed by atoms with Gasteiger partial charge in [-0.25, -0.2) is 0 Å². The quantitative estimate of drug-likeness (QED) is 0.892. The summed E-state index contributed by atoms with van der Waals surface area (Å²) in [5, 5.41) is 1.16. The van der Waals surface area contributed by atoms with Crippen molar-refractivity contribution in [3.05, 3.63) is 33.8 Å². The summed E-state index contributed by atoms with van der Waals surface area (Å²) < 4.78 is 5.77. The fourth-order valence-electron chi connectivity index (χ4n) is 2.60. The fraction of sp³-hybridized carbons (Fsp3) is 0.571. The molecule has 2 rings (SSSR count). The van der Waals surface area contributed by atoms with Crippen molar-refractivity contribution < 1.29 is 4.74 Å². The highest BCUT2D eigenvalue weighted by molar-refractivity contribution is 6.42. The van der Waals surface area contributed by atoms with Crippen LogP contribution in [0.1, 0.15) is 24.8 Å². The van der Waals surface area contributed by atoms with Crippen molar-refractivity contribution in [1.82, 2.24) is 0 Å². The van der Waals surface area contributed by atoms with Gasteiger partial charge >= 0.3 is 0 Å². The predicted octanol–water partition coefficient (Wildman–Crippen LogP) is 3.89. The van der Waals surface area contributed by atoms with E-state index in [4.69, 9.17) is 33.7 Å². The van der Waals surface area contributed by atoms with E-state index in [0.29, 0.717) is 28.5 Å². The summed E-state index contributed by atoms with van der Waals surface area (Å²) in [6.07, 6.45) is 3.77. The molecule has 1 aliphatic rings. The Morgan fingerprint density at radius 3 is 2.67 bits per heavy atom. The lowest BCUT2D eigenvalue weighted by Crippen LogP contribution is -2.22. The highest BCUT2D eigenvalue weighted by Crippen LogP contribution is 2.31. The molecule has 1 aromatic carbocycles. The van der Waals surface area contributed by atoms with Crippen LogP contribution in [0.2, 0.25) is 10.0 Å². The summed E-state index contributed by atoms with van der Waals surface area (Å²) in [5.41, 5.74) is 6.82. The van der Waals surface area contributed by atoms with Crippen LogP contribution in [-0.2, 0) is 11.3 Å². The standard InChI is InChI=1S/C14H19Cl2NO/c15-13-5-4-10(6-14(13)16)8-18-9-12-3-1-2-11(12)7-17/h4-6,11-12H,1-3,7-9,17H2. The second-order valence-corrected chi connectivity index (χ2v) is 5.76. The van der Waals surface area contributed by atoms with E-state index in [1.165, 1.54) is 19.3 Å². The monoisotopic (exact) mass is 287 g/mol. The van der Waals surface area contributed by atoms with Gasteiger partial charge in [-0.15, -0.1) is 0 Å². The van der Waals surface area contributed by atoms with Crippen LogP contribution in [0.4, 0.5) is 0 Å². The average molecular weight is 288 g/mol. The molecular formula is C14H19Cl2NO. The second kappa shape index (κ2) is 6.76. The topological polar surface area (TPSA) is 35.2 Å². The molecule has 100 valence electrons. The van der Waals surface area contributed by atoms with Crippen molar-refractivity contribution in [1.29, 1.82) is 0 Å². The zero-order valence-corrected chi connectivity index (χ0v) is 11.9. The Morgan fingerprint density at radius 2 is 1.94 bits per heavy atom. The number of benzene rings is 1. The molecule has 18 heavy (non-hydrogen) atoms. The summed E-state index contributed by atoms with van der Waals surface area (Å²) in [5.74, 6) is 1.26. The molecule has 1 saturated carbocycles. The number of halogens is 2. The highest BCUT2D eigenvalue weighted by atomic mass is 35.5. The first kappa shape index (κ1) is 14.1. The van der Waals surface area contributed by atoms with Crippen LogP contribution in [0.3, 0.4) is 0 Å². The number of hydrogen-bond acceptors (Lipinski definition) is 2. The van der Waals surface area contributed by atoms with E-state index >= 15 is 0 Å². The molecule has 0 amide bonds. The molecule has 0 radical (unpaired) electrons. The van der Waals surface area contributed by atoms with Gasteiger partial charge in [-0.3, -0.25) is 0 Å². The third-order valence-electron chi connectivity index (χ3n) is 3.70. The molecule has 1 aromatic rings. The van der Waals surface area contributed by atoms with Crippen molar-refractivity contribution >= 4 is 23.2 Å². The van der Waals surface area contributed by atoms with Crippen LogP contribution in [0.15, 0.2) is 18.2 Å². The van der Waals surface area contributed by atoms with Crippen molar-refractivity contribution in [2.75, 3.05) is 13.2 Å². The first-order valence-electron chi connectivity index (χ1n) is 6.42. The zero-order chi connectivity index (χ0) is 13.0. The van der Waals surface area contributed by atoms with E-state index < -0.39 is 0 Å². The van der Waals surface area contributed by atoms with Gasteiger partial charge in [-0.05, 0) is 48.9 Å². The molecule has 0 spiro atoms. The first-order chi connectivity index (χ1) is 8.70. The molecule has 0 saturated heterocycles. The Morgan fingerprint density at radius 1 is 1.17 bits per heavy atom. The summed E-state index contributed by atoms with van der Waals surface area (Å²) in [6, 6.07) is 5.61. The van der Waals surface area contributed by atoms with Crippen molar-refractivity contribution in [3.8, 4) is 0 Å². The van der Waals surface area contributed by atoms with Crippen LogP contribution in [-0.4, -0.2) is 13.2 Å². The first-order valence-corrected chi connectivity index (χ1v) is 7.18. The molecule has 0 aliphatic heterocycles. The van der Waals surface area contributed by atoms with Crippen LogP contribution < -0.4 is 5.73 Å². The lowest BCUT2D eigenvalue weighted by atomic mass is 9.97. The minimum absolute atomic E-state index is 0.582. The molecule has 1 aliphatic carbocycles. The van der Waals surface area contributed by atoms with Gasteiger partial charge in [-0.2, -0.15) is 0 Å². The Hall–Kier alpha value is -0.280. The van der Waals surface area contributed by atoms with Gasteiger partial charge in [0.05, 0.1) is 23.3 Å². The Balaban J connectivity index is 1.79. The van der Waals surface area contributed by atoms with Crippen molar-refractivity contribution in [2.24, 2.45) is 17.6 Å². The van der Waals surface area contributed by atoms with E-state index in [0.717, 1.165) is 18.7 Å².